The molecule has 1 aromatic carbocycles. The lowest BCUT2D eigenvalue weighted by molar-refractivity contribution is -0.138. The molecule has 1 aliphatic carbocycles. The highest BCUT2D eigenvalue weighted by Crippen LogP contribution is 2.37. The Labute approximate surface area is 150 Å². The summed E-state index contributed by atoms with van der Waals surface area (Å²) >= 11 is 0. The topological polar surface area (TPSA) is 84.9 Å². The number of nitrogens with one attached hydrogen (secondary N) is 1. The van der Waals surface area contributed by atoms with Gasteiger partial charge in [0.15, 0.2) is 11.5 Å². The number of alkyl halides is 2. The number of halogens is 2. The number of methoxy groups -OCH3 is 2. The van der Waals surface area contributed by atoms with Crippen molar-refractivity contribution in [2.24, 2.45) is 5.92 Å². The number of rotatable bonds is 7. The Morgan fingerprint density at radius 1 is 1.23 bits per heavy atom. The van der Waals surface area contributed by atoms with E-state index in [-0.39, 0.29) is 32.1 Å². The molecular weight excluding hydrogens is 348 g/mol. The summed E-state index contributed by atoms with van der Waals surface area (Å²) in [7, 11) is 2.93. The van der Waals surface area contributed by atoms with Crippen LogP contribution in [0.25, 0.3) is 0 Å². The third kappa shape index (κ3) is 5.06. The minimum atomic E-state index is -2.72. The summed E-state index contributed by atoms with van der Waals surface area (Å²) in [6, 6.07) is 4.07. The van der Waals surface area contributed by atoms with Crippen molar-refractivity contribution < 1.29 is 33.0 Å². The number of carboxylic acid groups (broad SMARTS) is 1. The highest BCUT2D eigenvalue weighted by atomic mass is 19.3. The number of carbonyl (C=O) groups excluding carboxylic acids is 1. The van der Waals surface area contributed by atoms with Crippen LogP contribution in [0, 0.1) is 5.92 Å². The van der Waals surface area contributed by atoms with Crippen molar-refractivity contribution in [3.05, 3.63) is 23.8 Å². The lowest BCUT2D eigenvalue weighted by Crippen LogP contribution is -2.38. The minimum absolute atomic E-state index is 0.0879. The van der Waals surface area contributed by atoms with Crippen LogP contribution in [0.1, 0.15) is 43.7 Å². The van der Waals surface area contributed by atoms with Gasteiger partial charge in [0.2, 0.25) is 11.8 Å². The summed E-state index contributed by atoms with van der Waals surface area (Å²) in [5.41, 5.74) is 0.541. The summed E-state index contributed by atoms with van der Waals surface area (Å²) in [5.74, 6) is -3.85. The number of carbonyl (C=O) groups is 2. The Bertz CT molecular complexity index is 655. The molecular formula is C18H23F2NO5. The first-order chi connectivity index (χ1) is 12.3. The zero-order chi connectivity index (χ0) is 19.3. The monoisotopic (exact) mass is 371 g/mol. The van der Waals surface area contributed by atoms with E-state index < -0.39 is 29.8 Å². The van der Waals surface area contributed by atoms with E-state index in [9.17, 15) is 18.4 Å². The van der Waals surface area contributed by atoms with E-state index in [1.165, 1.54) is 14.2 Å². The Hall–Kier alpha value is -2.38. The molecule has 144 valence electrons. The van der Waals surface area contributed by atoms with Gasteiger partial charge in [-0.05, 0) is 30.5 Å². The number of amides is 1. The molecule has 1 amide bonds. The van der Waals surface area contributed by atoms with Crippen LogP contribution in [-0.4, -0.2) is 37.1 Å². The maximum Gasteiger partial charge on any atom is 0.305 e. The first-order valence-electron chi connectivity index (χ1n) is 8.37. The minimum Gasteiger partial charge on any atom is -0.493 e. The van der Waals surface area contributed by atoms with E-state index in [2.05, 4.69) is 5.32 Å². The van der Waals surface area contributed by atoms with Gasteiger partial charge in [0.1, 0.15) is 0 Å². The lowest BCUT2D eigenvalue weighted by Gasteiger charge is -2.29. The fourth-order valence-electron chi connectivity index (χ4n) is 3.09. The smallest absolute Gasteiger partial charge is 0.305 e. The molecule has 2 rings (SSSR count). The Morgan fingerprint density at radius 3 is 2.38 bits per heavy atom. The first-order valence-corrected chi connectivity index (χ1v) is 8.37. The van der Waals surface area contributed by atoms with Crippen molar-refractivity contribution in [1.82, 2.24) is 5.32 Å². The molecule has 1 atom stereocenters. The van der Waals surface area contributed by atoms with E-state index in [4.69, 9.17) is 14.6 Å². The summed E-state index contributed by atoms with van der Waals surface area (Å²) in [6.07, 6.45) is -0.810. The highest BCUT2D eigenvalue weighted by molar-refractivity contribution is 5.80. The normalized spacial score (nSPS) is 18.0. The van der Waals surface area contributed by atoms with Crippen LogP contribution in [0.4, 0.5) is 8.78 Å². The number of carboxylic acids is 1. The van der Waals surface area contributed by atoms with Gasteiger partial charge < -0.3 is 19.9 Å². The van der Waals surface area contributed by atoms with Gasteiger partial charge in [-0.1, -0.05) is 6.07 Å². The molecule has 6 nitrogen and oxygen atoms in total. The first kappa shape index (κ1) is 19.9. The second-order valence-electron chi connectivity index (χ2n) is 6.40. The van der Waals surface area contributed by atoms with E-state index in [0.29, 0.717) is 17.1 Å². The van der Waals surface area contributed by atoms with Crippen LogP contribution in [0.3, 0.4) is 0 Å². The fourth-order valence-corrected chi connectivity index (χ4v) is 3.09. The molecule has 0 radical (unpaired) electrons. The maximum absolute atomic E-state index is 13.3. The Morgan fingerprint density at radius 2 is 1.85 bits per heavy atom. The van der Waals surface area contributed by atoms with Crippen LogP contribution in [0.5, 0.6) is 11.5 Å². The fraction of sp³-hybridized carbons (Fsp3) is 0.556. The number of benzene rings is 1. The number of hydrogen-bond donors (Lipinski definition) is 2. The summed E-state index contributed by atoms with van der Waals surface area (Å²) in [5, 5.41) is 11.8. The van der Waals surface area contributed by atoms with Crippen LogP contribution in [0.15, 0.2) is 18.2 Å². The third-order valence-corrected chi connectivity index (χ3v) is 4.59. The number of aliphatic carboxylic acids is 1. The number of ether oxygens (including phenoxy) is 2. The van der Waals surface area contributed by atoms with Crippen molar-refractivity contribution in [2.75, 3.05) is 14.2 Å². The molecule has 26 heavy (non-hydrogen) atoms. The molecule has 0 aromatic heterocycles. The van der Waals surface area contributed by atoms with Crippen LogP contribution < -0.4 is 14.8 Å². The number of hydrogen-bond acceptors (Lipinski definition) is 4. The van der Waals surface area contributed by atoms with E-state index >= 15 is 0 Å². The van der Waals surface area contributed by atoms with Crippen LogP contribution in [0.2, 0.25) is 0 Å². The Kier molecular flexibility index (Phi) is 6.39. The average molecular weight is 371 g/mol. The van der Waals surface area contributed by atoms with E-state index in [0.717, 1.165) is 0 Å². The van der Waals surface area contributed by atoms with Crippen molar-refractivity contribution >= 4 is 11.9 Å². The SMILES string of the molecule is COc1ccc(C(CC(=O)O)NC(=O)C2CCC(F)(F)CC2)cc1OC. The molecule has 1 aromatic rings. The molecule has 0 aliphatic heterocycles. The van der Waals surface area contributed by atoms with Gasteiger partial charge in [0, 0.05) is 18.8 Å². The molecule has 2 N–H and O–H groups in total. The molecule has 1 unspecified atom stereocenters. The highest BCUT2D eigenvalue weighted by Gasteiger charge is 2.38. The second kappa shape index (κ2) is 8.33. The molecule has 0 bridgehead atoms. The average Bonchev–Trinajstić information content (AvgIpc) is 2.59. The molecule has 0 heterocycles. The van der Waals surface area contributed by atoms with Gasteiger partial charge >= 0.3 is 5.97 Å². The van der Waals surface area contributed by atoms with Crippen molar-refractivity contribution in [2.45, 2.75) is 44.1 Å². The summed E-state index contributed by atoms with van der Waals surface area (Å²) in [4.78, 5) is 23.6. The molecule has 1 saturated carbocycles. The van der Waals surface area contributed by atoms with Gasteiger partial charge in [-0.3, -0.25) is 9.59 Å². The Balaban J connectivity index is 2.15. The third-order valence-electron chi connectivity index (χ3n) is 4.59. The summed E-state index contributed by atoms with van der Waals surface area (Å²) in [6.45, 7) is 0. The van der Waals surface area contributed by atoms with Crippen LogP contribution in [-0.2, 0) is 9.59 Å². The standard InChI is InChI=1S/C18H23F2NO5/c1-25-14-4-3-12(9-15(14)26-2)13(10-16(22)23)21-17(24)11-5-7-18(19,20)8-6-11/h3-4,9,11,13H,5-8,10H2,1-2H3,(H,21,24)(H,22,23). The zero-order valence-corrected chi connectivity index (χ0v) is 14.8. The lowest BCUT2D eigenvalue weighted by atomic mass is 9.86. The van der Waals surface area contributed by atoms with Gasteiger partial charge in [-0.2, -0.15) is 0 Å². The molecule has 0 spiro atoms. The van der Waals surface area contributed by atoms with Gasteiger partial charge in [0.05, 0.1) is 26.7 Å². The predicted molar refractivity (Wildman–Crippen MR) is 89.6 cm³/mol. The van der Waals surface area contributed by atoms with Crippen molar-refractivity contribution in [3.63, 3.8) is 0 Å². The van der Waals surface area contributed by atoms with Gasteiger partial charge in [0.25, 0.3) is 0 Å². The van der Waals surface area contributed by atoms with E-state index in [1.54, 1.807) is 18.2 Å². The van der Waals surface area contributed by atoms with Gasteiger partial charge in [-0.15, -0.1) is 0 Å². The van der Waals surface area contributed by atoms with Crippen molar-refractivity contribution in [3.8, 4) is 11.5 Å². The van der Waals surface area contributed by atoms with E-state index in [1.807, 2.05) is 0 Å². The molecule has 0 saturated heterocycles. The quantitative estimate of drug-likeness (QED) is 0.769. The molecule has 1 fully saturated rings. The largest absolute Gasteiger partial charge is 0.493 e. The predicted octanol–water partition coefficient (Wildman–Crippen LogP) is 3.16. The molecule has 1 aliphatic rings. The van der Waals surface area contributed by atoms with Crippen LogP contribution >= 0.6 is 0 Å². The van der Waals surface area contributed by atoms with Gasteiger partial charge in [-0.25, -0.2) is 8.78 Å². The summed E-state index contributed by atoms with van der Waals surface area (Å²) < 4.78 is 36.9. The zero-order valence-electron chi connectivity index (χ0n) is 14.8. The molecule has 8 heteroatoms. The second-order valence-corrected chi connectivity index (χ2v) is 6.40. The maximum atomic E-state index is 13.3. The van der Waals surface area contributed by atoms with Crippen molar-refractivity contribution in [1.29, 1.82) is 0 Å².